The number of ether oxygens (including phenoxy) is 1. The number of thiocarbonyl (C=S) groups is 1. The summed E-state index contributed by atoms with van der Waals surface area (Å²) in [4.78, 5) is 11.1. The quantitative estimate of drug-likeness (QED) is 0.553. The van der Waals surface area contributed by atoms with Crippen LogP contribution in [0.25, 0.3) is 0 Å². The summed E-state index contributed by atoms with van der Waals surface area (Å²) in [6.07, 6.45) is 0.425. The molecule has 0 rings (SSSR count). The second-order valence-electron chi connectivity index (χ2n) is 3.46. The molecule has 94 valence electrons. The summed E-state index contributed by atoms with van der Waals surface area (Å²) >= 11 is 5.05. The van der Waals surface area contributed by atoms with E-state index < -0.39 is 0 Å². The molecular weight excluding hydrogens is 226 g/mol. The Morgan fingerprint density at radius 1 is 1.44 bits per heavy atom. The minimum absolute atomic E-state index is 0.0303. The summed E-state index contributed by atoms with van der Waals surface area (Å²) in [7, 11) is 1.64. The van der Waals surface area contributed by atoms with E-state index in [9.17, 15) is 4.79 Å². The van der Waals surface area contributed by atoms with Crippen molar-refractivity contribution in [2.24, 2.45) is 0 Å². The molecule has 1 amide bonds. The monoisotopic (exact) mass is 247 g/mol. The van der Waals surface area contributed by atoms with Gasteiger partial charge in [-0.3, -0.25) is 4.79 Å². The molecule has 0 fully saturated rings. The van der Waals surface area contributed by atoms with Gasteiger partial charge in [-0.25, -0.2) is 0 Å². The SMILES string of the molecule is CCNC(=O)CCNC(=S)NC(C)COC. The van der Waals surface area contributed by atoms with Crippen LogP contribution in [0.15, 0.2) is 0 Å². The molecule has 0 aliphatic rings. The maximum Gasteiger partial charge on any atom is 0.221 e. The number of nitrogens with one attached hydrogen (secondary N) is 3. The van der Waals surface area contributed by atoms with Crippen molar-refractivity contribution in [3.63, 3.8) is 0 Å². The standard InChI is InChI=1S/C10H21N3O2S/c1-4-11-9(14)5-6-12-10(16)13-8(2)7-15-3/h8H,4-7H2,1-3H3,(H,11,14)(H2,12,13,16). The van der Waals surface area contributed by atoms with Crippen LogP contribution in [0, 0.1) is 0 Å². The van der Waals surface area contributed by atoms with E-state index in [1.165, 1.54) is 0 Å². The lowest BCUT2D eigenvalue weighted by Gasteiger charge is -2.15. The van der Waals surface area contributed by atoms with Crippen LogP contribution >= 0.6 is 12.2 Å². The number of carbonyl (C=O) groups excluding carboxylic acids is 1. The fourth-order valence-corrected chi connectivity index (χ4v) is 1.44. The zero-order valence-corrected chi connectivity index (χ0v) is 10.9. The first-order valence-electron chi connectivity index (χ1n) is 5.40. The summed E-state index contributed by atoms with van der Waals surface area (Å²) in [5.41, 5.74) is 0. The van der Waals surface area contributed by atoms with E-state index in [4.69, 9.17) is 17.0 Å². The first-order chi connectivity index (χ1) is 7.60. The molecule has 0 bridgehead atoms. The lowest BCUT2D eigenvalue weighted by Crippen LogP contribution is -2.43. The van der Waals surface area contributed by atoms with Gasteiger partial charge in [-0.2, -0.15) is 0 Å². The number of rotatable bonds is 7. The lowest BCUT2D eigenvalue weighted by molar-refractivity contribution is -0.120. The maximum absolute atomic E-state index is 11.1. The van der Waals surface area contributed by atoms with Gasteiger partial charge in [0.2, 0.25) is 5.91 Å². The molecule has 1 unspecified atom stereocenters. The van der Waals surface area contributed by atoms with E-state index in [1.54, 1.807) is 7.11 Å². The smallest absolute Gasteiger partial charge is 0.221 e. The van der Waals surface area contributed by atoms with Gasteiger partial charge >= 0.3 is 0 Å². The molecule has 0 aliphatic carbocycles. The van der Waals surface area contributed by atoms with Gasteiger partial charge in [0.15, 0.2) is 5.11 Å². The van der Waals surface area contributed by atoms with Crippen LogP contribution in [-0.2, 0) is 9.53 Å². The summed E-state index contributed by atoms with van der Waals surface area (Å²) in [5, 5.41) is 9.28. The van der Waals surface area contributed by atoms with Crippen LogP contribution in [0.2, 0.25) is 0 Å². The van der Waals surface area contributed by atoms with E-state index in [0.29, 0.717) is 31.2 Å². The van der Waals surface area contributed by atoms with Gasteiger partial charge in [0, 0.05) is 32.7 Å². The molecule has 0 heterocycles. The van der Waals surface area contributed by atoms with E-state index in [2.05, 4.69) is 16.0 Å². The molecule has 0 aromatic heterocycles. The van der Waals surface area contributed by atoms with Gasteiger partial charge in [0.05, 0.1) is 6.61 Å². The molecule has 3 N–H and O–H groups in total. The van der Waals surface area contributed by atoms with Crippen molar-refractivity contribution in [2.75, 3.05) is 26.8 Å². The van der Waals surface area contributed by atoms with Crippen LogP contribution in [-0.4, -0.2) is 43.9 Å². The molecule has 0 aliphatic heterocycles. The molecule has 0 saturated carbocycles. The van der Waals surface area contributed by atoms with Crippen molar-refractivity contribution in [2.45, 2.75) is 26.3 Å². The minimum Gasteiger partial charge on any atom is -0.383 e. The lowest BCUT2D eigenvalue weighted by atomic mass is 10.3. The van der Waals surface area contributed by atoms with E-state index in [0.717, 1.165) is 0 Å². The van der Waals surface area contributed by atoms with Crippen molar-refractivity contribution in [3.05, 3.63) is 0 Å². The summed E-state index contributed by atoms with van der Waals surface area (Å²) in [5.74, 6) is 0.0303. The van der Waals surface area contributed by atoms with Gasteiger partial charge in [0.25, 0.3) is 0 Å². The Kier molecular flexibility index (Phi) is 8.84. The third-order valence-electron chi connectivity index (χ3n) is 1.81. The van der Waals surface area contributed by atoms with Crippen LogP contribution in [0.4, 0.5) is 0 Å². The van der Waals surface area contributed by atoms with Crippen LogP contribution in [0.3, 0.4) is 0 Å². The van der Waals surface area contributed by atoms with Gasteiger partial charge < -0.3 is 20.7 Å². The van der Waals surface area contributed by atoms with Crippen molar-refractivity contribution < 1.29 is 9.53 Å². The highest BCUT2D eigenvalue weighted by molar-refractivity contribution is 7.80. The molecular formula is C10H21N3O2S. The third kappa shape index (κ3) is 8.43. The van der Waals surface area contributed by atoms with E-state index >= 15 is 0 Å². The maximum atomic E-state index is 11.1. The molecule has 5 nitrogen and oxygen atoms in total. The topological polar surface area (TPSA) is 62.4 Å². The molecule has 1 atom stereocenters. The third-order valence-corrected chi connectivity index (χ3v) is 2.07. The second kappa shape index (κ2) is 9.35. The number of carbonyl (C=O) groups is 1. The van der Waals surface area contributed by atoms with Crippen LogP contribution < -0.4 is 16.0 Å². The van der Waals surface area contributed by atoms with Crippen LogP contribution in [0.5, 0.6) is 0 Å². The Bertz CT molecular complexity index is 224. The predicted octanol–water partition coefficient (Wildman–Crippen LogP) is 0.0116. The number of methoxy groups -OCH3 is 1. The zero-order chi connectivity index (χ0) is 12.4. The predicted molar refractivity (Wildman–Crippen MR) is 68.4 cm³/mol. The Morgan fingerprint density at radius 3 is 2.69 bits per heavy atom. The molecule has 6 heteroatoms. The van der Waals surface area contributed by atoms with Gasteiger partial charge in [-0.05, 0) is 26.1 Å². The van der Waals surface area contributed by atoms with Crippen molar-refractivity contribution in [1.82, 2.24) is 16.0 Å². The molecule has 0 aromatic carbocycles. The Hall–Kier alpha value is -0.880. The Balaban J connectivity index is 3.54. The van der Waals surface area contributed by atoms with Crippen molar-refractivity contribution in [3.8, 4) is 0 Å². The minimum atomic E-state index is 0.0303. The summed E-state index contributed by atoms with van der Waals surface area (Å²) in [6.45, 7) is 5.66. The first-order valence-corrected chi connectivity index (χ1v) is 5.81. The van der Waals surface area contributed by atoms with E-state index in [1.807, 2.05) is 13.8 Å². The zero-order valence-electron chi connectivity index (χ0n) is 10.1. The number of amides is 1. The number of hydrogen-bond acceptors (Lipinski definition) is 3. The van der Waals surface area contributed by atoms with Crippen molar-refractivity contribution >= 4 is 23.2 Å². The first kappa shape index (κ1) is 15.1. The molecule has 0 saturated heterocycles. The van der Waals surface area contributed by atoms with Crippen molar-refractivity contribution in [1.29, 1.82) is 0 Å². The Morgan fingerprint density at radius 2 is 2.12 bits per heavy atom. The Labute approximate surface area is 102 Å². The molecule has 0 aromatic rings. The highest BCUT2D eigenvalue weighted by atomic mass is 32.1. The number of hydrogen-bond donors (Lipinski definition) is 3. The van der Waals surface area contributed by atoms with E-state index in [-0.39, 0.29) is 11.9 Å². The fourth-order valence-electron chi connectivity index (χ4n) is 1.14. The molecule has 0 radical (unpaired) electrons. The van der Waals surface area contributed by atoms with Crippen LogP contribution in [0.1, 0.15) is 20.3 Å². The average molecular weight is 247 g/mol. The average Bonchev–Trinajstić information content (AvgIpc) is 2.18. The largest absolute Gasteiger partial charge is 0.383 e. The highest BCUT2D eigenvalue weighted by Crippen LogP contribution is 1.83. The normalized spacial score (nSPS) is 11.7. The fraction of sp³-hybridized carbons (Fsp3) is 0.800. The summed E-state index contributed by atoms with van der Waals surface area (Å²) in [6, 6.07) is 0.162. The van der Waals surface area contributed by atoms with Gasteiger partial charge in [-0.1, -0.05) is 0 Å². The van der Waals surface area contributed by atoms with Gasteiger partial charge in [0.1, 0.15) is 0 Å². The highest BCUT2D eigenvalue weighted by Gasteiger charge is 2.03. The summed E-state index contributed by atoms with van der Waals surface area (Å²) < 4.78 is 4.97. The molecule has 16 heavy (non-hydrogen) atoms. The molecule has 0 spiro atoms. The van der Waals surface area contributed by atoms with Gasteiger partial charge in [-0.15, -0.1) is 0 Å². The second-order valence-corrected chi connectivity index (χ2v) is 3.87.